The van der Waals surface area contributed by atoms with E-state index in [1.807, 2.05) is 52.8 Å². The van der Waals surface area contributed by atoms with E-state index < -0.39 is 0 Å². The largest absolute Gasteiger partial charge is 0.349 e. The molecule has 0 aliphatic heterocycles. The molecule has 5 rings (SSSR count). The van der Waals surface area contributed by atoms with E-state index in [-0.39, 0.29) is 17.2 Å². The van der Waals surface area contributed by atoms with Crippen LogP contribution in [0.25, 0.3) is 33.2 Å². The fraction of sp³-hybridized carbons (Fsp3) is 0.269. The third-order valence-electron chi connectivity index (χ3n) is 6.16. The Kier molecular flexibility index (Phi) is 5.04. The summed E-state index contributed by atoms with van der Waals surface area (Å²) >= 11 is 0. The average molecular weight is 442 g/mol. The second-order valence-corrected chi connectivity index (χ2v) is 9.00. The van der Waals surface area contributed by atoms with Crippen molar-refractivity contribution in [2.75, 3.05) is 0 Å². The number of benzene rings is 2. The quantitative estimate of drug-likeness (QED) is 0.417. The average Bonchev–Trinajstić information content (AvgIpc) is 3.38. The van der Waals surface area contributed by atoms with Gasteiger partial charge in [0.2, 0.25) is 0 Å². The van der Waals surface area contributed by atoms with Crippen LogP contribution in [0.15, 0.2) is 70.4 Å². The predicted molar refractivity (Wildman–Crippen MR) is 132 cm³/mol. The summed E-state index contributed by atoms with van der Waals surface area (Å²) in [4.78, 5) is 26.4. The van der Waals surface area contributed by atoms with Crippen molar-refractivity contribution >= 4 is 21.8 Å². The van der Waals surface area contributed by atoms with Crippen LogP contribution in [0.4, 0.5) is 0 Å². The van der Waals surface area contributed by atoms with Gasteiger partial charge in [-0.25, -0.2) is 4.79 Å². The first kappa shape index (κ1) is 21.0. The van der Waals surface area contributed by atoms with E-state index in [2.05, 4.69) is 38.1 Å². The van der Waals surface area contributed by atoms with Gasteiger partial charge in [-0.15, -0.1) is 0 Å². The van der Waals surface area contributed by atoms with E-state index in [1.165, 1.54) is 11.6 Å². The lowest BCUT2D eigenvalue weighted by molar-refractivity contribution is 0.498. The predicted octanol–water partition coefficient (Wildman–Crippen LogP) is 3.76. The standard InChI is InChI=1S/C26H27N5O2/c1-17(2)15-30-24-22(25(32)29(4)26(30)33)23(21-13-8-14-28(21)3)31(27-24)16-19-11-7-10-18-9-5-6-12-20(18)19/h5-14,17H,15-16H2,1-4H3. The minimum atomic E-state index is -0.338. The van der Waals surface area contributed by atoms with Crippen LogP contribution < -0.4 is 11.2 Å². The molecular formula is C26H27N5O2. The minimum Gasteiger partial charge on any atom is -0.349 e. The summed E-state index contributed by atoms with van der Waals surface area (Å²) in [7, 11) is 3.49. The molecule has 0 radical (unpaired) electrons. The van der Waals surface area contributed by atoms with Gasteiger partial charge in [-0.3, -0.25) is 18.6 Å². The number of aromatic nitrogens is 5. The van der Waals surface area contributed by atoms with Crippen LogP contribution in [-0.4, -0.2) is 23.5 Å². The van der Waals surface area contributed by atoms with Gasteiger partial charge in [0.15, 0.2) is 5.65 Å². The Morgan fingerprint density at radius 3 is 2.42 bits per heavy atom. The van der Waals surface area contributed by atoms with Crippen LogP contribution in [0.5, 0.6) is 0 Å². The highest BCUT2D eigenvalue weighted by Crippen LogP contribution is 2.28. The molecule has 0 amide bonds. The summed E-state index contributed by atoms with van der Waals surface area (Å²) in [5.41, 5.74) is 2.48. The number of fused-ring (bicyclic) bond motifs is 2. The fourth-order valence-corrected chi connectivity index (χ4v) is 4.56. The van der Waals surface area contributed by atoms with Crippen molar-refractivity contribution in [1.82, 2.24) is 23.5 Å². The third kappa shape index (κ3) is 3.40. The molecule has 3 aromatic heterocycles. The molecule has 0 saturated heterocycles. The van der Waals surface area contributed by atoms with Crippen LogP contribution in [-0.2, 0) is 27.2 Å². The lowest BCUT2D eigenvalue weighted by Crippen LogP contribution is -2.38. The van der Waals surface area contributed by atoms with Crippen LogP contribution in [0, 0.1) is 5.92 Å². The highest BCUT2D eigenvalue weighted by atomic mass is 16.2. The molecule has 3 heterocycles. The van der Waals surface area contributed by atoms with Crippen LogP contribution in [0.2, 0.25) is 0 Å². The van der Waals surface area contributed by atoms with Gasteiger partial charge in [-0.2, -0.15) is 5.10 Å². The molecule has 0 atom stereocenters. The molecule has 0 aliphatic carbocycles. The van der Waals surface area contributed by atoms with E-state index in [4.69, 9.17) is 5.10 Å². The minimum absolute atomic E-state index is 0.227. The van der Waals surface area contributed by atoms with Gasteiger partial charge in [0, 0.05) is 26.8 Å². The number of hydrogen-bond acceptors (Lipinski definition) is 3. The number of rotatable bonds is 5. The zero-order chi connectivity index (χ0) is 23.3. The van der Waals surface area contributed by atoms with E-state index >= 15 is 0 Å². The first-order chi connectivity index (χ1) is 15.9. The van der Waals surface area contributed by atoms with Crippen molar-refractivity contribution in [3.8, 4) is 11.4 Å². The van der Waals surface area contributed by atoms with Crippen LogP contribution in [0.1, 0.15) is 19.4 Å². The third-order valence-corrected chi connectivity index (χ3v) is 6.16. The van der Waals surface area contributed by atoms with Crippen molar-refractivity contribution in [1.29, 1.82) is 0 Å². The van der Waals surface area contributed by atoms with Gasteiger partial charge in [-0.1, -0.05) is 56.3 Å². The second-order valence-electron chi connectivity index (χ2n) is 9.00. The molecule has 0 aliphatic rings. The Bertz CT molecular complexity index is 1610. The summed E-state index contributed by atoms with van der Waals surface area (Å²) in [5, 5.41) is 7.65. The van der Waals surface area contributed by atoms with Crippen molar-refractivity contribution < 1.29 is 0 Å². The molecule has 2 aromatic carbocycles. The Balaban J connectivity index is 1.85. The van der Waals surface area contributed by atoms with Crippen molar-refractivity contribution in [2.24, 2.45) is 20.0 Å². The van der Waals surface area contributed by atoms with E-state index in [1.54, 1.807) is 4.57 Å². The molecule has 0 N–H and O–H groups in total. The van der Waals surface area contributed by atoms with Crippen molar-refractivity contribution in [3.05, 3.63) is 87.2 Å². The number of hydrogen-bond donors (Lipinski definition) is 0. The molecule has 7 heteroatoms. The zero-order valence-electron chi connectivity index (χ0n) is 19.3. The molecule has 0 saturated carbocycles. The lowest BCUT2D eigenvalue weighted by atomic mass is 10.0. The van der Waals surface area contributed by atoms with E-state index in [9.17, 15) is 9.59 Å². The van der Waals surface area contributed by atoms with Gasteiger partial charge in [0.25, 0.3) is 5.56 Å². The molecule has 7 nitrogen and oxygen atoms in total. The Hall–Kier alpha value is -3.87. The van der Waals surface area contributed by atoms with Crippen LogP contribution >= 0.6 is 0 Å². The molecular weight excluding hydrogens is 414 g/mol. The SMILES string of the molecule is CC(C)Cn1c(=O)n(C)c(=O)c2c(-c3cccn3C)n(Cc3cccc4ccccc34)nc21. The Morgan fingerprint density at radius 2 is 1.70 bits per heavy atom. The summed E-state index contributed by atoms with van der Waals surface area (Å²) < 4.78 is 6.68. The van der Waals surface area contributed by atoms with E-state index in [0.717, 1.165) is 27.7 Å². The summed E-state index contributed by atoms with van der Waals surface area (Å²) in [5.74, 6) is 0.227. The number of aryl methyl sites for hydroxylation is 1. The maximum Gasteiger partial charge on any atom is 0.332 e. The monoisotopic (exact) mass is 441 g/mol. The van der Waals surface area contributed by atoms with Gasteiger partial charge in [0.1, 0.15) is 11.1 Å². The van der Waals surface area contributed by atoms with E-state index in [0.29, 0.717) is 24.1 Å². The van der Waals surface area contributed by atoms with Gasteiger partial charge in [-0.05, 0) is 34.4 Å². The molecule has 33 heavy (non-hydrogen) atoms. The maximum absolute atomic E-state index is 13.4. The summed E-state index contributed by atoms with van der Waals surface area (Å²) in [6.45, 7) is 5.07. The van der Waals surface area contributed by atoms with Crippen LogP contribution in [0.3, 0.4) is 0 Å². The number of nitrogens with zero attached hydrogens (tertiary/aromatic N) is 5. The second kappa shape index (κ2) is 7.92. The van der Waals surface area contributed by atoms with Gasteiger partial charge >= 0.3 is 5.69 Å². The van der Waals surface area contributed by atoms with Gasteiger partial charge < -0.3 is 4.57 Å². The summed E-state index contributed by atoms with van der Waals surface area (Å²) in [6.07, 6.45) is 1.95. The van der Waals surface area contributed by atoms with Crippen molar-refractivity contribution in [2.45, 2.75) is 26.9 Å². The molecule has 0 bridgehead atoms. The van der Waals surface area contributed by atoms with Crippen molar-refractivity contribution in [3.63, 3.8) is 0 Å². The first-order valence-electron chi connectivity index (χ1n) is 11.2. The summed E-state index contributed by atoms with van der Waals surface area (Å²) in [6, 6.07) is 18.4. The lowest BCUT2D eigenvalue weighted by Gasteiger charge is -2.11. The molecule has 168 valence electrons. The highest BCUT2D eigenvalue weighted by molar-refractivity contribution is 5.90. The molecule has 5 aromatic rings. The topological polar surface area (TPSA) is 66.8 Å². The fourth-order valence-electron chi connectivity index (χ4n) is 4.56. The molecule has 0 fully saturated rings. The Labute approximate surface area is 191 Å². The molecule has 0 spiro atoms. The Morgan fingerprint density at radius 1 is 0.939 bits per heavy atom. The smallest absolute Gasteiger partial charge is 0.332 e. The maximum atomic E-state index is 13.4. The normalized spacial score (nSPS) is 11.8. The zero-order valence-corrected chi connectivity index (χ0v) is 19.3. The first-order valence-corrected chi connectivity index (χ1v) is 11.2. The van der Waals surface area contributed by atoms with Gasteiger partial charge in [0.05, 0.1) is 12.2 Å². The highest BCUT2D eigenvalue weighted by Gasteiger charge is 2.24. The molecule has 0 unspecified atom stereocenters.